The summed E-state index contributed by atoms with van der Waals surface area (Å²) in [4.78, 5) is 32.0. The predicted octanol–water partition coefficient (Wildman–Crippen LogP) is 5.26. The van der Waals surface area contributed by atoms with Crippen molar-refractivity contribution in [3.8, 4) is 0 Å². The SMILES string of the molecule is CSC(C)(C)[C@H](NC(=O)CNC(C)(C)c1cccc(F)c1)C(=O)N[C@@H](Cc1ccccc1)[C@H](O)CN(CC(C)C)S(=O)(=O)c1ccc2ncccc2c1. The molecule has 0 saturated heterocycles. The summed E-state index contributed by atoms with van der Waals surface area (Å²) < 4.78 is 42.7. The monoisotopic (exact) mass is 765 g/mol. The molecular formula is C40H52FN5O5S2. The maximum absolute atomic E-state index is 14.2. The zero-order valence-corrected chi connectivity index (χ0v) is 33.1. The van der Waals surface area contributed by atoms with Gasteiger partial charge in [-0.3, -0.25) is 19.9 Å². The lowest BCUT2D eigenvalue weighted by molar-refractivity contribution is -0.130. The van der Waals surface area contributed by atoms with E-state index in [1.807, 2.05) is 78.1 Å². The van der Waals surface area contributed by atoms with Crippen LogP contribution in [0.2, 0.25) is 0 Å². The molecule has 4 N–H and O–H groups in total. The molecule has 10 nitrogen and oxygen atoms in total. The van der Waals surface area contributed by atoms with E-state index in [2.05, 4.69) is 20.9 Å². The van der Waals surface area contributed by atoms with Gasteiger partial charge in [-0.15, -0.1) is 0 Å². The number of hydrogen-bond donors (Lipinski definition) is 4. The summed E-state index contributed by atoms with van der Waals surface area (Å²) in [5, 5.41) is 21.5. The first-order valence-corrected chi connectivity index (χ1v) is 20.3. The molecule has 2 amide bonds. The predicted molar refractivity (Wildman–Crippen MR) is 210 cm³/mol. The fourth-order valence-corrected chi connectivity index (χ4v) is 8.02. The molecule has 0 saturated carbocycles. The van der Waals surface area contributed by atoms with Gasteiger partial charge in [0.1, 0.15) is 11.9 Å². The first-order chi connectivity index (χ1) is 24.9. The number of sulfonamides is 1. The van der Waals surface area contributed by atoms with Crippen LogP contribution in [0.3, 0.4) is 0 Å². The number of carbonyl (C=O) groups is 2. The highest BCUT2D eigenvalue weighted by atomic mass is 32.2. The molecule has 286 valence electrons. The maximum atomic E-state index is 14.2. The van der Waals surface area contributed by atoms with Crippen LogP contribution >= 0.6 is 11.8 Å². The summed E-state index contributed by atoms with van der Waals surface area (Å²) in [6.07, 6.45) is 2.36. The Balaban J connectivity index is 1.58. The van der Waals surface area contributed by atoms with Gasteiger partial charge in [-0.05, 0) is 93.8 Å². The van der Waals surface area contributed by atoms with Gasteiger partial charge in [0.25, 0.3) is 0 Å². The normalized spacial score (nSPS) is 14.2. The molecule has 0 unspecified atom stereocenters. The number of fused-ring (bicyclic) bond motifs is 1. The number of amides is 2. The lowest BCUT2D eigenvalue weighted by Gasteiger charge is -2.36. The Labute approximate surface area is 317 Å². The molecule has 4 aromatic rings. The van der Waals surface area contributed by atoms with Gasteiger partial charge in [0, 0.05) is 35.0 Å². The third-order valence-electron chi connectivity index (χ3n) is 9.29. The minimum atomic E-state index is -4.07. The van der Waals surface area contributed by atoms with Crippen LogP contribution in [0.25, 0.3) is 10.9 Å². The number of halogens is 1. The Morgan fingerprint density at radius 3 is 2.30 bits per heavy atom. The number of aliphatic hydroxyl groups excluding tert-OH is 1. The van der Waals surface area contributed by atoms with Crippen molar-refractivity contribution in [2.75, 3.05) is 25.9 Å². The van der Waals surface area contributed by atoms with Gasteiger partial charge < -0.3 is 15.7 Å². The van der Waals surface area contributed by atoms with Gasteiger partial charge in [0.2, 0.25) is 21.8 Å². The van der Waals surface area contributed by atoms with Crippen LogP contribution in [0.15, 0.2) is 96.0 Å². The highest BCUT2D eigenvalue weighted by Crippen LogP contribution is 2.27. The van der Waals surface area contributed by atoms with E-state index in [1.54, 1.807) is 42.6 Å². The second kappa shape index (κ2) is 18.0. The fourth-order valence-electron chi connectivity index (χ4n) is 5.96. The van der Waals surface area contributed by atoms with Crippen LogP contribution < -0.4 is 16.0 Å². The lowest BCUT2D eigenvalue weighted by atomic mass is 9.94. The van der Waals surface area contributed by atoms with Crippen LogP contribution in [0.1, 0.15) is 52.7 Å². The van der Waals surface area contributed by atoms with Crippen molar-refractivity contribution in [1.29, 1.82) is 0 Å². The van der Waals surface area contributed by atoms with Crippen molar-refractivity contribution in [2.45, 2.75) is 81.3 Å². The smallest absolute Gasteiger partial charge is 0.244 e. The van der Waals surface area contributed by atoms with Crippen molar-refractivity contribution < 1.29 is 27.5 Å². The summed E-state index contributed by atoms with van der Waals surface area (Å²) >= 11 is 1.39. The number of hydrogen-bond acceptors (Lipinski definition) is 8. The van der Waals surface area contributed by atoms with Gasteiger partial charge >= 0.3 is 0 Å². The van der Waals surface area contributed by atoms with E-state index in [0.29, 0.717) is 16.5 Å². The molecule has 0 aliphatic carbocycles. The Morgan fingerprint density at radius 2 is 1.64 bits per heavy atom. The van der Waals surface area contributed by atoms with Gasteiger partial charge in [-0.25, -0.2) is 12.8 Å². The standard InChI is InChI=1S/C40H52FN5O5S2/c1-27(2)25-46(53(50,51)32-18-19-33-29(22-32)15-12-20-42-33)26-35(47)34(21-28-13-9-8-10-14-28)44-38(49)37(40(5,6)52-7)45-36(48)24-43-39(3,4)30-16-11-17-31(41)23-30/h8-20,22-23,27,34-35,37,43,47H,21,24-26H2,1-7H3,(H,44,49)(H,45,48)/t34-,35+,37+/m0/s1. The minimum Gasteiger partial charge on any atom is -0.390 e. The summed E-state index contributed by atoms with van der Waals surface area (Å²) in [7, 11) is -4.07. The van der Waals surface area contributed by atoms with E-state index >= 15 is 0 Å². The van der Waals surface area contributed by atoms with Crippen molar-refractivity contribution >= 4 is 44.5 Å². The summed E-state index contributed by atoms with van der Waals surface area (Å²) in [6.45, 7) is 10.8. The third-order valence-corrected chi connectivity index (χ3v) is 12.4. The van der Waals surface area contributed by atoms with Crippen molar-refractivity contribution in [2.24, 2.45) is 5.92 Å². The van der Waals surface area contributed by atoms with Crippen molar-refractivity contribution in [1.82, 2.24) is 25.2 Å². The average molecular weight is 766 g/mol. The van der Waals surface area contributed by atoms with Gasteiger partial charge in [-0.2, -0.15) is 16.1 Å². The number of pyridine rings is 1. The van der Waals surface area contributed by atoms with E-state index in [4.69, 9.17) is 0 Å². The molecule has 13 heteroatoms. The highest BCUT2D eigenvalue weighted by molar-refractivity contribution is 8.00. The first kappa shape index (κ1) is 41.9. The van der Waals surface area contributed by atoms with Gasteiger partial charge in [-0.1, -0.05) is 62.4 Å². The zero-order chi connectivity index (χ0) is 39.0. The molecule has 0 aliphatic heterocycles. The quantitative estimate of drug-likeness (QED) is 0.108. The molecule has 0 fully saturated rings. The molecule has 53 heavy (non-hydrogen) atoms. The van der Waals surface area contributed by atoms with Crippen LogP contribution in [0, 0.1) is 11.7 Å². The second-order valence-corrected chi connectivity index (χ2v) is 18.1. The summed E-state index contributed by atoms with van der Waals surface area (Å²) in [5.41, 5.74) is 1.40. The third kappa shape index (κ3) is 11.3. The molecule has 0 aliphatic rings. The number of rotatable bonds is 18. The molecular weight excluding hydrogens is 714 g/mol. The number of nitrogens with zero attached hydrogens (tertiary/aromatic N) is 2. The Kier molecular flexibility index (Phi) is 14.2. The number of benzene rings is 3. The lowest BCUT2D eigenvalue weighted by Crippen LogP contribution is -2.61. The Bertz CT molecular complexity index is 1960. The maximum Gasteiger partial charge on any atom is 0.244 e. The van der Waals surface area contributed by atoms with E-state index in [1.165, 1.54) is 34.3 Å². The molecule has 1 aromatic heterocycles. The molecule has 1 heterocycles. The summed E-state index contributed by atoms with van der Waals surface area (Å²) in [6, 6.07) is 21.8. The van der Waals surface area contributed by atoms with E-state index < -0.39 is 50.3 Å². The molecule has 0 bridgehead atoms. The molecule has 0 radical (unpaired) electrons. The average Bonchev–Trinajstić information content (AvgIpc) is 3.12. The van der Waals surface area contributed by atoms with Crippen LogP contribution in [-0.4, -0.2) is 83.5 Å². The van der Waals surface area contributed by atoms with E-state index in [9.17, 15) is 27.5 Å². The Morgan fingerprint density at radius 1 is 0.925 bits per heavy atom. The zero-order valence-electron chi connectivity index (χ0n) is 31.5. The van der Waals surface area contributed by atoms with Crippen molar-refractivity contribution in [3.63, 3.8) is 0 Å². The van der Waals surface area contributed by atoms with Gasteiger partial charge in [0.05, 0.1) is 29.1 Å². The van der Waals surface area contributed by atoms with Crippen LogP contribution in [0.5, 0.6) is 0 Å². The summed E-state index contributed by atoms with van der Waals surface area (Å²) in [5.74, 6) is -1.43. The van der Waals surface area contributed by atoms with Crippen LogP contribution in [-0.2, 0) is 31.6 Å². The first-order valence-electron chi connectivity index (χ1n) is 17.7. The van der Waals surface area contributed by atoms with E-state index in [-0.39, 0.29) is 42.7 Å². The number of carbonyl (C=O) groups excluding carboxylic acids is 2. The number of aromatic nitrogens is 1. The molecule has 4 rings (SSSR count). The Hall–Kier alpha value is -3.88. The number of nitrogens with one attached hydrogen (secondary N) is 3. The molecule has 3 atom stereocenters. The largest absolute Gasteiger partial charge is 0.390 e. The minimum absolute atomic E-state index is 0.0669. The molecule has 3 aromatic carbocycles. The van der Waals surface area contributed by atoms with Gasteiger partial charge in [0.15, 0.2) is 0 Å². The van der Waals surface area contributed by atoms with Crippen molar-refractivity contribution in [3.05, 3.63) is 108 Å². The van der Waals surface area contributed by atoms with E-state index in [0.717, 1.165) is 5.56 Å². The number of thioether (sulfide) groups is 1. The molecule has 0 spiro atoms. The second-order valence-electron chi connectivity index (χ2n) is 14.7. The highest BCUT2D eigenvalue weighted by Gasteiger charge is 2.39. The fraction of sp³-hybridized carbons (Fsp3) is 0.425. The number of aliphatic hydroxyl groups is 1. The van der Waals surface area contributed by atoms with Crippen LogP contribution in [0.4, 0.5) is 4.39 Å². The topological polar surface area (TPSA) is 141 Å².